The number of ether oxygens (including phenoxy) is 2. The Morgan fingerprint density at radius 3 is 2.34 bits per heavy atom. The van der Waals surface area contributed by atoms with Gasteiger partial charge < -0.3 is 19.5 Å². The summed E-state index contributed by atoms with van der Waals surface area (Å²) in [4.78, 5) is 19.4. The highest BCUT2D eigenvalue weighted by Gasteiger charge is 2.67. The number of methoxy groups -OCH3 is 1. The van der Waals surface area contributed by atoms with Gasteiger partial charge in [0.25, 0.3) is 0 Å². The number of benzene rings is 3. The van der Waals surface area contributed by atoms with Crippen molar-refractivity contribution in [1.29, 1.82) is 0 Å². The lowest BCUT2D eigenvalue weighted by atomic mass is 9.51. The van der Waals surface area contributed by atoms with E-state index < -0.39 is 0 Å². The number of hydrogen-bond acceptors (Lipinski definition) is 5. The molecule has 3 aromatic carbocycles. The van der Waals surface area contributed by atoms with Crippen LogP contribution in [0.4, 0.5) is 0 Å². The van der Waals surface area contributed by atoms with Gasteiger partial charge in [-0.25, -0.2) is 0 Å². The molecule has 2 unspecified atom stereocenters. The van der Waals surface area contributed by atoms with Crippen LogP contribution in [0.2, 0.25) is 0 Å². The van der Waals surface area contributed by atoms with Gasteiger partial charge in [-0.3, -0.25) is 9.69 Å². The molecule has 3 aromatic rings. The molecule has 0 radical (unpaired) electrons. The minimum Gasteiger partial charge on any atom is -0.493 e. The molecule has 1 amide bonds. The number of piperidine rings is 1. The molecule has 2 saturated carbocycles. The molecule has 6 nitrogen and oxygen atoms in total. The highest BCUT2D eigenvalue weighted by molar-refractivity contribution is 5.77. The summed E-state index contributed by atoms with van der Waals surface area (Å²) in [7, 11) is 1.76. The average molecular weight is 677 g/mol. The maximum absolute atomic E-state index is 14.4. The SMILES string of the molecule is COc1ccc2c3c1O[C@H]1[C@H](N(CCCc4ccccc4)C(=O)CCCCCCCc4ccccc4)CC[C@H]4[C@@H](C2)N(CC2CC2O)CC[C@@]341. The third-order valence-corrected chi connectivity index (χ3v) is 13.1. The number of aliphatic hydroxyl groups is 1. The van der Waals surface area contributed by atoms with Crippen molar-refractivity contribution in [3.8, 4) is 11.5 Å². The van der Waals surface area contributed by atoms with E-state index in [4.69, 9.17) is 9.47 Å². The maximum atomic E-state index is 14.4. The van der Waals surface area contributed by atoms with Crippen molar-refractivity contribution in [1.82, 2.24) is 9.80 Å². The number of aliphatic hydroxyl groups excluding tert-OH is 1. The number of hydrogen-bond donors (Lipinski definition) is 1. The first-order valence-corrected chi connectivity index (χ1v) is 19.7. The second kappa shape index (κ2) is 14.7. The Hall–Kier alpha value is -3.35. The summed E-state index contributed by atoms with van der Waals surface area (Å²) in [6.07, 6.45) is 14.3. The van der Waals surface area contributed by atoms with Crippen LogP contribution >= 0.6 is 0 Å². The van der Waals surface area contributed by atoms with Crippen molar-refractivity contribution in [2.45, 2.75) is 120 Å². The molecule has 3 aliphatic carbocycles. The summed E-state index contributed by atoms with van der Waals surface area (Å²) in [6.45, 7) is 2.80. The molecule has 2 bridgehead atoms. The second-order valence-corrected chi connectivity index (χ2v) is 16.0. The molecule has 8 rings (SSSR count). The number of amides is 1. The van der Waals surface area contributed by atoms with Crippen LogP contribution in [0.3, 0.4) is 0 Å². The maximum Gasteiger partial charge on any atom is 0.222 e. The smallest absolute Gasteiger partial charge is 0.222 e. The normalized spacial score (nSPS) is 28.8. The van der Waals surface area contributed by atoms with Crippen molar-refractivity contribution >= 4 is 5.91 Å². The zero-order valence-electron chi connectivity index (χ0n) is 30.0. The van der Waals surface area contributed by atoms with Gasteiger partial charge in [0.2, 0.25) is 5.91 Å². The van der Waals surface area contributed by atoms with Crippen LogP contribution in [-0.4, -0.2) is 71.8 Å². The second-order valence-electron chi connectivity index (χ2n) is 16.0. The fourth-order valence-corrected chi connectivity index (χ4v) is 10.5. The number of likely N-dealkylation sites (tertiary alicyclic amines) is 1. The Kier molecular flexibility index (Phi) is 9.94. The van der Waals surface area contributed by atoms with E-state index in [0.29, 0.717) is 30.2 Å². The van der Waals surface area contributed by atoms with Crippen molar-refractivity contribution in [2.75, 3.05) is 26.7 Å². The van der Waals surface area contributed by atoms with Crippen molar-refractivity contribution < 1.29 is 19.4 Å². The molecular formula is C44H56N2O4. The first kappa shape index (κ1) is 33.8. The van der Waals surface area contributed by atoms with E-state index in [0.717, 1.165) is 95.3 Å². The molecule has 2 aliphatic heterocycles. The van der Waals surface area contributed by atoms with E-state index >= 15 is 0 Å². The fourth-order valence-electron chi connectivity index (χ4n) is 10.5. The van der Waals surface area contributed by atoms with Gasteiger partial charge in [0, 0.05) is 42.4 Å². The van der Waals surface area contributed by atoms with Crippen LogP contribution in [0.25, 0.3) is 0 Å². The number of carbonyl (C=O) groups is 1. The molecular weight excluding hydrogens is 620 g/mol. The van der Waals surface area contributed by atoms with E-state index in [-0.39, 0.29) is 23.7 Å². The van der Waals surface area contributed by atoms with Crippen LogP contribution in [0, 0.1) is 11.8 Å². The number of carbonyl (C=O) groups excluding carboxylic acids is 1. The van der Waals surface area contributed by atoms with Crippen LogP contribution in [0.5, 0.6) is 11.5 Å². The fraction of sp³-hybridized carbons (Fsp3) is 0.568. The van der Waals surface area contributed by atoms with Gasteiger partial charge in [0.05, 0.1) is 19.3 Å². The largest absolute Gasteiger partial charge is 0.493 e. The summed E-state index contributed by atoms with van der Waals surface area (Å²) in [5.74, 6) is 3.00. The Bertz CT molecular complexity index is 1610. The summed E-state index contributed by atoms with van der Waals surface area (Å²) >= 11 is 0. The molecule has 3 fully saturated rings. The molecule has 1 spiro atoms. The lowest BCUT2D eigenvalue weighted by Crippen LogP contribution is -2.69. The van der Waals surface area contributed by atoms with E-state index in [1.54, 1.807) is 7.11 Å². The Balaban J connectivity index is 0.998. The monoisotopic (exact) mass is 676 g/mol. The molecule has 6 heteroatoms. The zero-order valence-corrected chi connectivity index (χ0v) is 30.0. The molecule has 7 atom stereocenters. The van der Waals surface area contributed by atoms with Crippen LogP contribution in [0.1, 0.15) is 92.9 Å². The van der Waals surface area contributed by atoms with E-state index in [9.17, 15) is 9.90 Å². The van der Waals surface area contributed by atoms with E-state index in [1.807, 2.05) is 0 Å². The molecule has 1 N–H and O–H groups in total. The van der Waals surface area contributed by atoms with Crippen molar-refractivity contribution in [3.63, 3.8) is 0 Å². The average Bonchev–Trinajstić information content (AvgIpc) is 3.73. The molecule has 1 saturated heterocycles. The molecule has 5 aliphatic rings. The minimum atomic E-state index is -0.124. The first-order valence-electron chi connectivity index (χ1n) is 19.7. The standard InChI is InChI=1S/C44H56N2O4/c1-49-39-24-21-33-28-37-35-22-23-36(43-44(35,41(33)42(39)50-43)25-27-45(37)30-34-29-38(34)47)46(26-13-19-32-17-10-6-11-18-32)40(48)20-12-4-2-3-7-14-31-15-8-5-9-16-31/h5-6,8-11,15-18,21,24,34-38,43,47H,2-4,7,12-14,19-20,22-23,25-30H2,1H3/t34?,35-,36+,37+,38?,43-,44-/m0/s1. The highest BCUT2D eigenvalue weighted by atomic mass is 16.5. The Morgan fingerprint density at radius 2 is 1.62 bits per heavy atom. The predicted octanol–water partition coefficient (Wildman–Crippen LogP) is 7.53. The molecule has 0 aromatic heterocycles. The molecule has 50 heavy (non-hydrogen) atoms. The number of aryl methyl sites for hydroxylation is 2. The number of unbranched alkanes of at least 4 members (excludes halogenated alkanes) is 4. The zero-order chi connectivity index (χ0) is 34.1. The summed E-state index contributed by atoms with van der Waals surface area (Å²) in [5, 5.41) is 10.2. The lowest BCUT2D eigenvalue weighted by molar-refractivity contribution is -0.143. The van der Waals surface area contributed by atoms with Gasteiger partial charge in [-0.15, -0.1) is 0 Å². The van der Waals surface area contributed by atoms with Gasteiger partial charge in [-0.05, 0) is 99.4 Å². The van der Waals surface area contributed by atoms with Crippen LogP contribution < -0.4 is 9.47 Å². The van der Waals surface area contributed by atoms with Gasteiger partial charge in [-0.2, -0.15) is 0 Å². The van der Waals surface area contributed by atoms with E-state index in [2.05, 4.69) is 82.6 Å². The van der Waals surface area contributed by atoms with Gasteiger partial charge in [0.15, 0.2) is 11.5 Å². The van der Waals surface area contributed by atoms with Crippen LogP contribution in [-0.2, 0) is 29.5 Å². The Labute approximate surface area is 299 Å². The first-order chi connectivity index (χ1) is 24.6. The summed E-state index contributed by atoms with van der Waals surface area (Å²) < 4.78 is 13.1. The lowest BCUT2D eigenvalue weighted by Gasteiger charge is -2.60. The van der Waals surface area contributed by atoms with Gasteiger partial charge >= 0.3 is 0 Å². The third-order valence-electron chi connectivity index (χ3n) is 13.1. The van der Waals surface area contributed by atoms with Crippen LogP contribution in [0.15, 0.2) is 72.8 Å². The van der Waals surface area contributed by atoms with E-state index in [1.165, 1.54) is 41.5 Å². The van der Waals surface area contributed by atoms with Crippen molar-refractivity contribution in [3.05, 3.63) is 95.1 Å². The van der Waals surface area contributed by atoms with Crippen molar-refractivity contribution in [2.24, 2.45) is 11.8 Å². The third kappa shape index (κ3) is 6.47. The number of nitrogens with zero attached hydrogens (tertiary/aromatic N) is 2. The minimum absolute atomic E-state index is 0.0542. The quantitative estimate of drug-likeness (QED) is 0.159. The molecule has 266 valence electrons. The van der Waals surface area contributed by atoms with Gasteiger partial charge in [-0.1, -0.05) is 86.0 Å². The predicted molar refractivity (Wildman–Crippen MR) is 198 cm³/mol. The number of rotatable bonds is 16. The summed E-state index contributed by atoms with van der Waals surface area (Å²) in [5.41, 5.74) is 5.45. The molecule has 2 heterocycles. The summed E-state index contributed by atoms with van der Waals surface area (Å²) in [6, 6.07) is 26.4. The Morgan fingerprint density at radius 1 is 0.920 bits per heavy atom. The topological polar surface area (TPSA) is 62.2 Å². The highest BCUT2D eigenvalue weighted by Crippen LogP contribution is 2.64. The van der Waals surface area contributed by atoms with Gasteiger partial charge in [0.1, 0.15) is 6.10 Å².